The second kappa shape index (κ2) is 5.72. The number of carbonyl (C=O) groups is 2. The third-order valence-corrected chi connectivity index (χ3v) is 5.16. The van der Waals surface area contributed by atoms with Gasteiger partial charge in [0.05, 0.1) is 0 Å². The molecule has 2 aliphatic rings. The molecular weight excluding hydrogens is 280 g/mol. The van der Waals surface area contributed by atoms with Gasteiger partial charge in [0.2, 0.25) is 5.91 Å². The van der Waals surface area contributed by atoms with E-state index in [0.717, 1.165) is 38.6 Å². The lowest BCUT2D eigenvalue weighted by Gasteiger charge is -2.39. The number of nitrogens with zero attached hydrogens (tertiary/aromatic N) is 1. The Hall–Kier alpha value is -1.88. The molecule has 118 valence electrons. The Kier molecular flexibility index (Phi) is 3.91. The Balaban J connectivity index is 1.88. The van der Waals surface area contributed by atoms with Crippen molar-refractivity contribution < 1.29 is 14.8 Å². The van der Waals surface area contributed by atoms with Gasteiger partial charge in [-0.15, -0.1) is 0 Å². The maximum absolute atomic E-state index is 11.9. The highest BCUT2D eigenvalue weighted by Gasteiger charge is 2.38. The van der Waals surface area contributed by atoms with Crippen LogP contribution in [0.2, 0.25) is 0 Å². The minimum Gasteiger partial charge on any atom is -0.345 e. The molecule has 5 nitrogen and oxygen atoms in total. The van der Waals surface area contributed by atoms with E-state index in [9.17, 15) is 9.59 Å². The number of hydrogen-bond donors (Lipinski definition) is 2. The fourth-order valence-corrected chi connectivity index (χ4v) is 3.96. The minimum atomic E-state index is -0.476. The van der Waals surface area contributed by atoms with Gasteiger partial charge in [-0.1, -0.05) is 6.07 Å². The molecule has 0 aromatic heterocycles. The highest BCUT2D eigenvalue weighted by atomic mass is 16.5. The number of amides is 2. The second-order valence-corrected chi connectivity index (χ2v) is 6.70. The van der Waals surface area contributed by atoms with Crippen LogP contribution in [0.3, 0.4) is 0 Å². The van der Waals surface area contributed by atoms with Crippen molar-refractivity contribution in [2.24, 2.45) is 5.41 Å². The average Bonchev–Trinajstić information content (AvgIpc) is 2.65. The number of carbonyl (C=O) groups excluding carboxylic acids is 2. The summed E-state index contributed by atoms with van der Waals surface area (Å²) in [6, 6.07) is 5.62. The topological polar surface area (TPSA) is 69.6 Å². The van der Waals surface area contributed by atoms with Crippen LogP contribution in [0.15, 0.2) is 18.2 Å². The molecule has 0 bridgehead atoms. The Bertz CT molecular complexity index is 614. The summed E-state index contributed by atoms with van der Waals surface area (Å²) in [7, 11) is 1.89. The molecule has 1 spiro atoms. The number of hydrogen-bond acceptors (Lipinski definition) is 3. The molecule has 1 saturated heterocycles. The Morgan fingerprint density at radius 2 is 2.09 bits per heavy atom. The molecule has 2 N–H and O–H groups in total. The van der Waals surface area contributed by atoms with Crippen LogP contribution < -0.4 is 5.48 Å². The molecule has 1 aliphatic heterocycles. The lowest BCUT2D eigenvalue weighted by molar-refractivity contribution is -0.130. The summed E-state index contributed by atoms with van der Waals surface area (Å²) in [6.45, 7) is 0.793. The molecule has 1 aromatic rings. The summed E-state index contributed by atoms with van der Waals surface area (Å²) in [6.07, 6.45) is 5.60. The van der Waals surface area contributed by atoms with Gasteiger partial charge in [-0.25, -0.2) is 5.48 Å². The van der Waals surface area contributed by atoms with E-state index in [1.54, 1.807) is 11.5 Å². The van der Waals surface area contributed by atoms with Crippen LogP contribution in [0.1, 0.15) is 47.2 Å². The van der Waals surface area contributed by atoms with Gasteiger partial charge >= 0.3 is 0 Å². The first-order valence-corrected chi connectivity index (χ1v) is 7.83. The van der Waals surface area contributed by atoms with E-state index in [-0.39, 0.29) is 11.3 Å². The zero-order chi connectivity index (χ0) is 15.7. The van der Waals surface area contributed by atoms with Crippen LogP contribution in [0.4, 0.5) is 0 Å². The normalized spacial score (nSPS) is 24.8. The van der Waals surface area contributed by atoms with E-state index in [1.807, 2.05) is 24.1 Å². The Labute approximate surface area is 130 Å². The SMILES string of the molecule is CN1CC2(CCCC1=O)CCc1ccc(C(=O)NO)cc1C2. The molecule has 1 atom stereocenters. The molecule has 1 unspecified atom stereocenters. The van der Waals surface area contributed by atoms with Crippen LogP contribution in [0.5, 0.6) is 0 Å². The van der Waals surface area contributed by atoms with E-state index in [1.165, 1.54) is 11.1 Å². The maximum atomic E-state index is 11.9. The van der Waals surface area contributed by atoms with Gasteiger partial charge < -0.3 is 4.90 Å². The molecular formula is C17H22N2O3. The van der Waals surface area contributed by atoms with Crippen LogP contribution in [0.25, 0.3) is 0 Å². The van der Waals surface area contributed by atoms with Crippen molar-refractivity contribution in [2.45, 2.75) is 38.5 Å². The van der Waals surface area contributed by atoms with E-state index >= 15 is 0 Å². The highest BCUT2D eigenvalue weighted by Crippen LogP contribution is 2.41. The smallest absolute Gasteiger partial charge is 0.274 e. The molecule has 1 heterocycles. The largest absolute Gasteiger partial charge is 0.345 e. The fourth-order valence-electron chi connectivity index (χ4n) is 3.96. The van der Waals surface area contributed by atoms with E-state index in [4.69, 9.17) is 5.21 Å². The molecule has 0 saturated carbocycles. The van der Waals surface area contributed by atoms with Gasteiger partial charge in [0, 0.05) is 25.6 Å². The molecule has 1 aromatic carbocycles. The van der Waals surface area contributed by atoms with Gasteiger partial charge in [-0.2, -0.15) is 0 Å². The van der Waals surface area contributed by atoms with Crippen molar-refractivity contribution in [2.75, 3.05) is 13.6 Å². The third-order valence-electron chi connectivity index (χ3n) is 5.16. The number of likely N-dealkylation sites (tertiary alicyclic amines) is 1. The summed E-state index contributed by atoms with van der Waals surface area (Å²) in [5, 5.41) is 8.79. The van der Waals surface area contributed by atoms with E-state index < -0.39 is 5.91 Å². The third kappa shape index (κ3) is 2.73. The molecule has 5 heteroatoms. The van der Waals surface area contributed by atoms with Crippen molar-refractivity contribution in [3.8, 4) is 0 Å². The molecule has 2 amide bonds. The minimum absolute atomic E-state index is 0.127. The first kappa shape index (κ1) is 15.0. The quantitative estimate of drug-likeness (QED) is 0.615. The van der Waals surface area contributed by atoms with Gasteiger partial charge in [-0.3, -0.25) is 14.8 Å². The van der Waals surface area contributed by atoms with Crippen LogP contribution >= 0.6 is 0 Å². The first-order valence-electron chi connectivity index (χ1n) is 7.83. The van der Waals surface area contributed by atoms with Gasteiger partial charge in [0.25, 0.3) is 5.91 Å². The molecule has 0 radical (unpaired) electrons. The zero-order valence-electron chi connectivity index (χ0n) is 12.9. The maximum Gasteiger partial charge on any atom is 0.274 e. The number of aryl methyl sites for hydroxylation is 1. The summed E-state index contributed by atoms with van der Waals surface area (Å²) in [4.78, 5) is 25.4. The van der Waals surface area contributed by atoms with Crippen molar-refractivity contribution in [3.63, 3.8) is 0 Å². The monoisotopic (exact) mass is 302 g/mol. The van der Waals surface area contributed by atoms with Crippen LogP contribution in [-0.2, 0) is 17.6 Å². The van der Waals surface area contributed by atoms with Crippen LogP contribution in [-0.4, -0.2) is 35.5 Å². The molecule has 1 aliphatic carbocycles. The fraction of sp³-hybridized carbons (Fsp3) is 0.529. The number of nitrogens with one attached hydrogen (secondary N) is 1. The number of benzene rings is 1. The molecule has 22 heavy (non-hydrogen) atoms. The van der Waals surface area contributed by atoms with Gasteiger partial charge in [0.15, 0.2) is 0 Å². The predicted octanol–water partition coefficient (Wildman–Crippen LogP) is 1.92. The Morgan fingerprint density at radius 1 is 1.27 bits per heavy atom. The predicted molar refractivity (Wildman–Crippen MR) is 81.6 cm³/mol. The average molecular weight is 302 g/mol. The second-order valence-electron chi connectivity index (χ2n) is 6.70. The number of rotatable bonds is 1. The van der Waals surface area contributed by atoms with Crippen molar-refractivity contribution in [3.05, 3.63) is 34.9 Å². The van der Waals surface area contributed by atoms with Gasteiger partial charge in [-0.05, 0) is 60.8 Å². The van der Waals surface area contributed by atoms with E-state index in [0.29, 0.717) is 12.0 Å². The summed E-state index contributed by atoms with van der Waals surface area (Å²) in [5.74, 6) is -0.244. The standard InChI is InChI=1S/C17H22N2O3/c1-19-11-17(7-2-3-15(19)20)8-6-12-4-5-13(16(21)18-22)9-14(12)10-17/h4-5,9,22H,2-3,6-8,10-11H2,1H3,(H,18,21). The van der Waals surface area contributed by atoms with Gasteiger partial charge in [0.1, 0.15) is 0 Å². The van der Waals surface area contributed by atoms with Crippen molar-refractivity contribution in [1.82, 2.24) is 10.4 Å². The lowest BCUT2D eigenvalue weighted by atomic mass is 9.69. The first-order chi connectivity index (χ1) is 10.5. The summed E-state index contributed by atoms with van der Waals surface area (Å²) >= 11 is 0. The molecule has 3 rings (SSSR count). The lowest BCUT2D eigenvalue weighted by Crippen LogP contribution is -2.40. The van der Waals surface area contributed by atoms with E-state index in [2.05, 4.69) is 0 Å². The summed E-state index contributed by atoms with van der Waals surface area (Å²) in [5.41, 5.74) is 4.75. The Morgan fingerprint density at radius 3 is 2.86 bits per heavy atom. The van der Waals surface area contributed by atoms with Crippen molar-refractivity contribution >= 4 is 11.8 Å². The zero-order valence-corrected chi connectivity index (χ0v) is 12.9. The molecule has 1 fully saturated rings. The number of hydroxylamine groups is 1. The summed E-state index contributed by atoms with van der Waals surface area (Å²) < 4.78 is 0. The van der Waals surface area contributed by atoms with Crippen LogP contribution in [0, 0.1) is 5.41 Å². The van der Waals surface area contributed by atoms with Crippen molar-refractivity contribution in [1.29, 1.82) is 0 Å². The number of fused-ring (bicyclic) bond motifs is 1. The highest BCUT2D eigenvalue weighted by molar-refractivity contribution is 5.93.